The molecule has 10 nitrogen and oxygen atoms in total. The number of aromatic amines is 1. The number of aromatic nitrogens is 1. The summed E-state index contributed by atoms with van der Waals surface area (Å²) in [6, 6.07) is 5.84. The number of amides is 3. The fraction of sp³-hybridized carbons (Fsp3) is 0.556. The van der Waals surface area contributed by atoms with E-state index in [1.54, 1.807) is 30.9 Å². The highest BCUT2D eigenvalue weighted by atomic mass is 32.2. The van der Waals surface area contributed by atoms with Gasteiger partial charge in [0.2, 0.25) is 17.7 Å². The molecule has 1 aromatic carbocycles. The van der Waals surface area contributed by atoms with Gasteiger partial charge in [0.15, 0.2) is 11.5 Å². The molecule has 12 heteroatoms. The van der Waals surface area contributed by atoms with Crippen molar-refractivity contribution in [3.05, 3.63) is 38.3 Å². The summed E-state index contributed by atoms with van der Waals surface area (Å²) in [6.07, 6.45) is 0.795. The summed E-state index contributed by atoms with van der Waals surface area (Å²) in [4.78, 5) is 59.6. The van der Waals surface area contributed by atoms with Gasteiger partial charge in [-0.25, -0.2) is 0 Å². The molecule has 2 saturated heterocycles. The van der Waals surface area contributed by atoms with Crippen molar-refractivity contribution in [3.63, 3.8) is 0 Å². The van der Waals surface area contributed by atoms with Crippen LogP contribution in [0.15, 0.2) is 28.0 Å². The molecule has 1 aromatic heterocycles. The van der Waals surface area contributed by atoms with Crippen LogP contribution < -0.4 is 14.3 Å². The number of morpholine rings is 1. The van der Waals surface area contributed by atoms with Gasteiger partial charge in [0, 0.05) is 29.1 Å². The highest BCUT2D eigenvalue weighted by molar-refractivity contribution is 8.00. The average molecular weight is 572 g/mol. The van der Waals surface area contributed by atoms with E-state index >= 15 is 0 Å². The van der Waals surface area contributed by atoms with Crippen molar-refractivity contribution < 1.29 is 28.6 Å². The van der Waals surface area contributed by atoms with E-state index in [0.717, 1.165) is 21.9 Å². The number of benzene rings is 1. The van der Waals surface area contributed by atoms with Crippen molar-refractivity contribution in [2.45, 2.75) is 22.6 Å². The normalized spacial score (nSPS) is 32.7. The number of rotatable bonds is 5. The monoisotopic (exact) mass is 571 g/mol. The number of hydrogen-bond donors (Lipinski definition) is 1. The number of imide groups is 1. The number of likely N-dealkylation sites (tertiary alicyclic amines) is 1. The van der Waals surface area contributed by atoms with Gasteiger partial charge in [0.25, 0.3) is 0 Å². The van der Waals surface area contributed by atoms with Crippen LogP contribution >= 0.6 is 23.1 Å². The Hall–Kier alpha value is -2.83. The number of nitrogens with zero attached hydrogens (tertiary/aromatic N) is 2. The zero-order valence-electron chi connectivity index (χ0n) is 21.6. The first kappa shape index (κ1) is 25.2. The van der Waals surface area contributed by atoms with Crippen LogP contribution in [0.4, 0.5) is 0 Å². The molecule has 0 radical (unpaired) electrons. The molecule has 2 saturated carbocycles. The molecular weight excluding hydrogens is 542 g/mol. The second kappa shape index (κ2) is 9.38. The highest BCUT2D eigenvalue weighted by Crippen LogP contribution is 2.68. The molecule has 206 valence electrons. The SMILES string of the molecule is COc1ccc(C2c3sc(=O)[nH]c3SC3C4CC(C5C(=O)N(CC(=O)N6CCOCC6)C(=O)C45)C23)cc1OC. The number of nitrogens with one attached hydrogen (secondary N) is 1. The molecule has 3 amide bonds. The van der Waals surface area contributed by atoms with E-state index in [-0.39, 0.29) is 58.1 Å². The Morgan fingerprint density at radius 2 is 1.77 bits per heavy atom. The van der Waals surface area contributed by atoms with Gasteiger partial charge in [-0.3, -0.25) is 24.1 Å². The number of carbonyl (C=O) groups is 3. The van der Waals surface area contributed by atoms with Crippen molar-refractivity contribution in [1.82, 2.24) is 14.8 Å². The molecule has 5 aliphatic rings. The summed E-state index contributed by atoms with van der Waals surface area (Å²) in [5, 5.41) is 0.935. The van der Waals surface area contributed by atoms with E-state index < -0.39 is 11.8 Å². The summed E-state index contributed by atoms with van der Waals surface area (Å²) in [5.41, 5.74) is 1.000. The minimum atomic E-state index is -0.429. The second-order valence-corrected chi connectivity index (χ2v) is 13.0. The molecule has 7 atom stereocenters. The van der Waals surface area contributed by atoms with Gasteiger partial charge in [-0.15, -0.1) is 11.8 Å². The van der Waals surface area contributed by atoms with Gasteiger partial charge in [0.05, 0.1) is 44.3 Å². The molecule has 2 aliphatic carbocycles. The van der Waals surface area contributed by atoms with E-state index in [1.165, 1.54) is 16.2 Å². The molecule has 2 bridgehead atoms. The van der Waals surface area contributed by atoms with Gasteiger partial charge < -0.3 is 24.1 Å². The minimum absolute atomic E-state index is 0.00846. The molecule has 39 heavy (non-hydrogen) atoms. The Morgan fingerprint density at radius 1 is 1.05 bits per heavy atom. The number of H-pyrrole nitrogens is 1. The number of thioether (sulfide) groups is 1. The molecule has 1 N–H and O–H groups in total. The lowest BCUT2D eigenvalue weighted by molar-refractivity contribution is -0.148. The van der Waals surface area contributed by atoms with Crippen molar-refractivity contribution in [2.24, 2.45) is 29.6 Å². The summed E-state index contributed by atoms with van der Waals surface area (Å²) in [6.45, 7) is 1.68. The minimum Gasteiger partial charge on any atom is -0.493 e. The fourth-order valence-corrected chi connectivity index (χ4v) is 10.6. The molecule has 2 aromatic rings. The molecule has 7 unspecified atom stereocenters. The first-order chi connectivity index (χ1) is 18.9. The van der Waals surface area contributed by atoms with Gasteiger partial charge in [-0.05, 0) is 41.9 Å². The Balaban J connectivity index is 1.23. The standard InChI is InChI=1S/C27H29N3O7S2/c1-35-15-4-3-12(9-16(15)36-2)18-19-13-10-14(22(19)38-24-23(18)39-27(34)28-24)21-20(13)25(32)30(26(21)33)11-17(31)29-5-7-37-8-6-29/h3-4,9,13-14,18-22H,5-8,10-11H2,1-2H3,(H,28,34). The van der Waals surface area contributed by atoms with Crippen LogP contribution in [0.2, 0.25) is 0 Å². The van der Waals surface area contributed by atoms with E-state index in [2.05, 4.69) is 4.98 Å². The Bertz CT molecular complexity index is 1420. The molecular formula is C27H29N3O7S2. The second-order valence-electron chi connectivity index (χ2n) is 10.8. The molecule has 7 rings (SSSR count). The lowest BCUT2D eigenvalue weighted by Crippen LogP contribution is -2.47. The number of hydrogen-bond acceptors (Lipinski definition) is 9. The summed E-state index contributed by atoms with van der Waals surface area (Å²) >= 11 is 2.86. The van der Waals surface area contributed by atoms with Crippen LogP contribution in [0.3, 0.4) is 0 Å². The quantitative estimate of drug-likeness (QED) is 0.540. The van der Waals surface area contributed by atoms with Gasteiger partial charge in [0.1, 0.15) is 6.54 Å². The van der Waals surface area contributed by atoms with Gasteiger partial charge in [-0.1, -0.05) is 17.4 Å². The first-order valence-electron chi connectivity index (χ1n) is 13.2. The molecule has 3 aliphatic heterocycles. The lowest BCUT2D eigenvalue weighted by atomic mass is 9.68. The third-order valence-corrected chi connectivity index (χ3v) is 11.8. The summed E-state index contributed by atoms with van der Waals surface area (Å²) < 4.78 is 16.4. The first-order valence-corrected chi connectivity index (χ1v) is 14.9. The van der Waals surface area contributed by atoms with Crippen molar-refractivity contribution in [1.29, 1.82) is 0 Å². The molecule has 4 heterocycles. The van der Waals surface area contributed by atoms with E-state index in [4.69, 9.17) is 14.2 Å². The number of methoxy groups -OCH3 is 2. The van der Waals surface area contributed by atoms with Crippen LogP contribution in [0.1, 0.15) is 22.8 Å². The Morgan fingerprint density at radius 3 is 2.49 bits per heavy atom. The lowest BCUT2D eigenvalue weighted by Gasteiger charge is -2.43. The smallest absolute Gasteiger partial charge is 0.305 e. The largest absolute Gasteiger partial charge is 0.493 e. The maximum atomic E-state index is 13.8. The molecule has 0 spiro atoms. The van der Waals surface area contributed by atoms with Gasteiger partial charge in [-0.2, -0.15) is 0 Å². The Kier molecular flexibility index (Phi) is 6.05. The maximum absolute atomic E-state index is 13.8. The number of ether oxygens (including phenoxy) is 3. The third-order valence-electron chi connectivity index (χ3n) is 9.24. The van der Waals surface area contributed by atoms with Crippen LogP contribution in [-0.4, -0.2) is 84.8 Å². The highest BCUT2D eigenvalue weighted by Gasteiger charge is 2.69. The van der Waals surface area contributed by atoms with Crippen LogP contribution in [0.5, 0.6) is 11.5 Å². The zero-order chi connectivity index (χ0) is 27.0. The van der Waals surface area contributed by atoms with E-state index in [9.17, 15) is 19.2 Å². The fourth-order valence-electron chi connectivity index (χ4n) is 7.70. The summed E-state index contributed by atoms with van der Waals surface area (Å²) in [7, 11) is 3.19. The number of thiazole rings is 1. The molecule has 4 fully saturated rings. The van der Waals surface area contributed by atoms with E-state index in [1.807, 2.05) is 18.2 Å². The topological polar surface area (TPSA) is 118 Å². The predicted octanol–water partition coefficient (Wildman–Crippen LogP) is 1.79. The summed E-state index contributed by atoms with van der Waals surface area (Å²) in [5.74, 6) is -0.300. The van der Waals surface area contributed by atoms with Crippen LogP contribution in [0, 0.1) is 29.6 Å². The predicted molar refractivity (Wildman–Crippen MR) is 142 cm³/mol. The number of fused-ring (bicyclic) bond motifs is 9. The third kappa shape index (κ3) is 3.71. The maximum Gasteiger partial charge on any atom is 0.305 e. The van der Waals surface area contributed by atoms with Crippen molar-refractivity contribution >= 4 is 40.8 Å². The van der Waals surface area contributed by atoms with E-state index in [0.29, 0.717) is 37.8 Å². The number of carbonyl (C=O) groups excluding carboxylic acids is 3. The van der Waals surface area contributed by atoms with Crippen molar-refractivity contribution in [2.75, 3.05) is 47.1 Å². The van der Waals surface area contributed by atoms with Crippen LogP contribution in [0.25, 0.3) is 0 Å². The van der Waals surface area contributed by atoms with Gasteiger partial charge >= 0.3 is 4.87 Å². The van der Waals surface area contributed by atoms with Crippen LogP contribution in [-0.2, 0) is 19.1 Å². The zero-order valence-corrected chi connectivity index (χ0v) is 23.2. The van der Waals surface area contributed by atoms with Crippen molar-refractivity contribution in [3.8, 4) is 11.5 Å². The average Bonchev–Trinajstić information content (AvgIpc) is 3.69. The Labute approximate surface area is 233 Å².